The predicted molar refractivity (Wildman–Crippen MR) is 77.7 cm³/mol. The highest BCUT2D eigenvalue weighted by molar-refractivity contribution is 5.90. The maximum atomic E-state index is 12.4. The lowest BCUT2D eigenvalue weighted by molar-refractivity contribution is -0.116. The van der Waals surface area contributed by atoms with E-state index in [0.29, 0.717) is 25.7 Å². The van der Waals surface area contributed by atoms with Crippen molar-refractivity contribution >= 4 is 11.6 Å². The highest BCUT2D eigenvalue weighted by Gasteiger charge is 2.05. The Hall–Kier alpha value is -1.71. The van der Waals surface area contributed by atoms with Crippen molar-refractivity contribution in [2.75, 3.05) is 5.32 Å². The molecule has 0 spiro atoms. The van der Waals surface area contributed by atoms with Gasteiger partial charge in [-0.25, -0.2) is 0 Å². The number of allylic oxidation sites excluding steroid dienone is 1. The normalized spacial score (nSPS) is 10.2. The highest BCUT2D eigenvalue weighted by Crippen LogP contribution is 2.19. The Morgan fingerprint density at radius 1 is 1.05 bits per heavy atom. The average Bonchev–Trinajstić information content (AvgIpc) is 2.43. The van der Waals surface area contributed by atoms with Crippen LogP contribution in [0.25, 0.3) is 0 Å². The minimum absolute atomic E-state index is 0.0286. The van der Waals surface area contributed by atoms with Gasteiger partial charge in [0.1, 0.15) is 0 Å². The van der Waals surface area contributed by atoms with Crippen LogP contribution in [0.15, 0.2) is 42.0 Å². The van der Waals surface area contributed by atoms with Crippen LogP contribution in [0.3, 0.4) is 0 Å². The maximum Gasteiger partial charge on any atom is 0.269 e. The lowest BCUT2D eigenvalue weighted by atomic mass is 10.1. The van der Waals surface area contributed by atoms with E-state index < -0.39 is 6.08 Å². The van der Waals surface area contributed by atoms with Crippen molar-refractivity contribution < 1.29 is 13.6 Å². The summed E-state index contributed by atoms with van der Waals surface area (Å²) in [7, 11) is 0. The monoisotopic (exact) mass is 281 g/mol. The van der Waals surface area contributed by atoms with Crippen LogP contribution < -0.4 is 5.32 Å². The number of hydrogen-bond acceptors (Lipinski definition) is 1. The van der Waals surface area contributed by atoms with Gasteiger partial charge in [0.25, 0.3) is 6.08 Å². The van der Waals surface area contributed by atoms with Gasteiger partial charge in [0, 0.05) is 12.1 Å². The second-order valence-electron chi connectivity index (χ2n) is 4.69. The molecule has 0 radical (unpaired) electrons. The lowest BCUT2D eigenvalue weighted by Crippen LogP contribution is -2.10. The van der Waals surface area contributed by atoms with Crippen molar-refractivity contribution in [2.24, 2.45) is 0 Å². The fraction of sp³-hybridized carbons (Fsp3) is 0.438. The van der Waals surface area contributed by atoms with E-state index in [1.807, 2.05) is 30.3 Å². The lowest BCUT2D eigenvalue weighted by Gasteiger charge is -2.05. The van der Waals surface area contributed by atoms with Crippen LogP contribution in [0.1, 0.15) is 45.4 Å². The van der Waals surface area contributed by atoms with E-state index in [-0.39, 0.29) is 11.5 Å². The predicted octanol–water partition coefficient (Wildman–Crippen LogP) is 5.14. The van der Waals surface area contributed by atoms with Crippen molar-refractivity contribution in [2.45, 2.75) is 45.4 Å². The van der Waals surface area contributed by atoms with Crippen LogP contribution >= 0.6 is 0 Å². The molecule has 0 aliphatic rings. The van der Waals surface area contributed by atoms with E-state index in [1.54, 1.807) is 6.92 Å². The first kappa shape index (κ1) is 16.3. The molecule has 0 bridgehead atoms. The molecule has 0 saturated heterocycles. The number of nitrogens with one attached hydrogen (secondary N) is 1. The van der Waals surface area contributed by atoms with Crippen molar-refractivity contribution in [3.05, 3.63) is 42.0 Å². The first-order valence-electron chi connectivity index (χ1n) is 7.01. The first-order chi connectivity index (χ1) is 9.63. The van der Waals surface area contributed by atoms with Gasteiger partial charge in [-0.05, 0) is 43.4 Å². The molecule has 110 valence electrons. The number of hydrogen-bond donors (Lipinski definition) is 1. The fourth-order valence-electron chi connectivity index (χ4n) is 1.95. The van der Waals surface area contributed by atoms with Gasteiger partial charge in [-0.1, -0.05) is 31.5 Å². The molecule has 1 aromatic rings. The number of carbonyl (C=O) groups is 1. The Morgan fingerprint density at radius 3 is 2.30 bits per heavy atom. The van der Waals surface area contributed by atoms with Gasteiger partial charge in [-0.15, -0.1) is 0 Å². The molecule has 0 fully saturated rings. The Labute approximate surface area is 118 Å². The molecule has 0 atom stereocenters. The smallest absolute Gasteiger partial charge is 0.269 e. The second kappa shape index (κ2) is 9.23. The molecule has 4 heteroatoms. The summed E-state index contributed by atoms with van der Waals surface area (Å²) < 4.78 is 24.8. The summed E-state index contributed by atoms with van der Waals surface area (Å²) >= 11 is 0. The molecule has 0 aromatic heterocycles. The molecule has 0 heterocycles. The molecule has 1 rings (SSSR count). The van der Waals surface area contributed by atoms with Crippen LogP contribution in [0.2, 0.25) is 0 Å². The molecule has 2 nitrogen and oxygen atoms in total. The van der Waals surface area contributed by atoms with Crippen LogP contribution in [-0.4, -0.2) is 5.91 Å². The van der Waals surface area contributed by atoms with Crippen molar-refractivity contribution in [3.8, 4) is 0 Å². The van der Waals surface area contributed by atoms with Gasteiger partial charge in [0.05, 0.1) is 0 Å². The van der Waals surface area contributed by atoms with Crippen LogP contribution in [0.5, 0.6) is 0 Å². The summed E-state index contributed by atoms with van der Waals surface area (Å²) in [5.41, 5.74) is 1.02. The number of halogens is 2. The van der Waals surface area contributed by atoms with Gasteiger partial charge < -0.3 is 5.32 Å². The van der Waals surface area contributed by atoms with E-state index >= 15 is 0 Å². The molecule has 1 amide bonds. The number of anilines is 1. The van der Waals surface area contributed by atoms with Crippen molar-refractivity contribution in [1.82, 2.24) is 0 Å². The quantitative estimate of drug-likeness (QED) is 0.657. The number of carbonyl (C=O) groups excluding carboxylic acids is 1. The zero-order valence-corrected chi connectivity index (χ0v) is 11.8. The minimum Gasteiger partial charge on any atom is -0.326 e. The molecule has 0 aliphatic heterocycles. The third-order valence-corrected chi connectivity index (χ3v) is 3.13. The standard InChI is InChI=1S/C16H21F2NO/c1-2-13(16(17)18)9-5-3-8-12-15(20)19-14-10-6-4-7-11-14/h4,6-7,10-11H,2-3,5,8-9,12H2,1H3,(H,19,20). The highest BCUT2D eigenvalue weighted by atomic mass is 19.3. The number of benzene rings is 1. The summed E-state index contributed by atoms with van der Waals surface area (Å²) in [6.45, 7) is 1.74. The summed E-state index contributed by atoms with van der Waals surface area (Å²) in [5, 5.41) is 2.80. The van der Waals surface area contributed by atoms with Crippen LogP contribution in [0, 0.1) is 0 Å². The second-order valence-corrected chi connectivity index (χ2v) is 4.69. The largest absolute Gasteiger partial charge is 0.326 e. The number of rotatable bonds is 8. The fourth-order valence-corrected chi connectivity index (χ4v) is 1.95. The Morgan fingerprint density at radius 2 is 1.70 bits per heavy atom. The Balaban J connectivity index is 2.15. The summed E-state index contributed by atoms with van der Waals surface area (Å²) in [4.78, 5) is 11.6. The zero-order valence-electron chi connectivity index (χ0n) is 11.8. The molecule has 20 heavy (non-hydrogen) atoms. The van der Waals surface area contributed by atoms with E-state index in [9.17, 15) is 13.6 Å². The number of para-hydroxylation sites is 1. The topological polar surface area (TPSA) is 29.1 Å². The molecule has 1 aromatic carbocycles. The van der Waals surface area contributed by atoms with Gasteiger partial charge in [-0.2, -0.15) is 8.78 Å². The van der Waals surface area contributed by atoms with E-state index in [1.165, 1.54) is 0 Å². The van der Waals surface area contributed by atoms with Gasteiger partial charge in [-0.3, -0.25) is 4.79 Å². The van der Waals surface area contributed by atoms with E-state index in [4.69, 9.17) is 0 Å². The molecule has 1 N–H and O–H groups in total. The first-order valence-corrected chi connectivity index (χ1v) is 7.01. The maximum absolute atomic E-state index is 12.4. The van der Waals surface area contributed by atoms with Crippen LogP contribution in [-0.2, 0) is 4.79 Å². The minimum atomic E-state index is -1.55. The molecule has 0 unspecified atom stereocenters. The van der Waals surface area contributed by atoms with Crippen molar-refractivity contribution in [3.63, 3.8) is 0 Å². The zero-order chi connectivity index (χ0) is 14.8. The molecular weight excluding hydrogens is 260 g/mol. The van der Waals surface area contributed by atoms with Gasteiger partial charge in [0.15, 0.2) is 0 Å². The van der Waals surface area contributed by atoms with Gasteiger partial charge >= 0.3 is 0 Å². The van der Waals surface area contributed by atoms with Crippen LogP contribution in [0.4, 0.5) is 14.5 Å². The van der Waals surface area contributed by atoms with E-state index in [0.717, 1.165) is 18.5 Å². The SMILES string of the molecule is CCC(CCCCCC(=O)Nc1ccccc1)=C(F)F. The third-order valence-electron chi connectivity index (χ3n) is 3.13. The van der Waals surface area contributed by atoms with Crippen molar-refractivity contribution in [1.29, 1.82) is 0 Å². The van der Waals surface area contributed by atoms with E-state index in [2.05, 4.69) is 5.32 Å². The molecule has 0 aliphatic carbocycles. The third kappa shape index (κ3) is 6.45. The average molecular weight is 281 g/mol. The Bertz CT molecular complexity index is 439. The molecule has 0 saturated carbocycles. The summed E-state index contributed by atoms with van der Waals surface area (Å²) in [6, 6.07) is 9.28. The Kier molecular flexibility index (Phi) is 7.55. The van der Waals surface area contributed by atoms with Gasteiger partial charge in [0.2, 0.25) is 5.91 Å². The number of amides is 1. The number of unbranched alkanes of at least 4 members (excludes halogenated alkanes) is 2. The molecular formula is C16H21F2NO. The summed E-state index contributed by atoms with van der Waals surface area (Å²) in [6.07, 6.45) is 1.94. The summed E-state index contributed by atoms with van der Waals surface area (Å²) in [5.74, 6) is -0.0286.